The van der Waals surface area contributed by atoms with E-state index in [1.165, 1.54) is 25.3 Å². The van der Waals surface area contributed by atoms with Crippen LogP contribution in [0, 0.1) is 11.6 Å². The molecular formula is C16H16BrF2NO. The minimum atomic E-state index is -0.437. The standard InChI is InChI=1S/C16H16BrF2NO/c1-3-20-16(11-6-12(17)9-13(18)7-11)10-4-5-15(21-2)14(19)8-10/h4-9,16,20H,3H2,1-2H3. The minimum Gasteiger partial charge on any atom is -0.494 e. The summed E-state index contributed by atoms with van der Waals surface area (Å²) >= 11 is 3.28. The molecule has 21 heavy (non-hydrogen) atoms. The first-order valence-electron chi connectivity index (χ1n) is 6.58. The Morgan fingerprint density at radius 2 is 1.90 bits per heavy atom. The molecule has 0 saturated carbocycles. The molecule has 0 radical (unpaired) electrons. The molecule has 2 aromatic carbocycles. The highest BCUT2D eigenvalue weighted by Gasteiger charge is 2.16. The number of ether oxygens (including phenoxy) is 1. The van der Waals surface area contributed by atoms with Gasteiger partial charge >= 0.3 is 0 Å². The topological polar surface area (TPSA) is 21.3 Å². The van der Waals surface area contributed by atoms with Gasteiger partial charge in [-0.2, -0.15) is 0 Å². The van der Waals surface area contributed by atoms with Gasteiger partial charge in [-0.05, 0) is 48.0 Å². The minimum absolute atomic E-state index is 0.189. The van der Waals surface area contributed by atoms with Gasteiger partial charge in [0.1, 0.15) is 5.82 Å². The summed E-state index contributed by atoms with van der Waals surface area (Å²) in [7, 11) is 1.42. The van der Waals surface area contributed by atoms with Gasteiger partial charge in [-0.15, -0.1) is 0 Å². The molecule has 1 unspecified atom stereocenters. The summed E-state index contributed by atoms with van der Waals surface area (Å²) in [5.74, 6) is -0.584. The van der Waals surface area contributed by atoms with E-state index >= 15 is 0 Å². The molecular weight excluding hydrogens is 340 g/mol. The van der Waals surface area contributed by atoms with Crippen molar-refractivity contribution in [3.8, 4) is 5.75 Å². The molecule has 0 amide bonds. The summed E-state index contributed by atoms with van der Waals surface area (Å²) in [6, 6.07) is 9.12. The summed E-state index contributed by atoms with van der Waals surface area (Å²) in [6.07, 6.45) is 0. The second-order valence-electron chi connectivity index (χ2n) is 4.59. The molecule has 5 heteroatoms. The lowest BCUT2D eigenvalue weighted by atomic mass is 9.98. The molecule has 0 bridgehead atoms. The maximum absolute atomic E-state index is 13.9. The quantitative estimate of drug-likeness (QED) is 0.856. The van der Waals surface area contributed by atoms with Gasteiger partial charge < -0.3 is 10.1 Å². The molecule has 0 aliphatic heterocycles. The number of nitrogens with one attached hydrogen (secondary N) is 1. The fourth-order valence-corrected chi connectivity index (χ4v) is 2.72. The van der Waals surface area contributed by atoms with Gasteiger partial charge in [-0.3, -0.25) is 0 Å². The molecule has 0 aliphatic rings. The number of benzene rings is 2. The van der Waals surface area contributed by atoms with E-state index in [1.54, 1.807) is 12.1 Å². The maximum atomic E-state index is 13.9. The molecule has 0 saturated heterocycles. The zero-order valence-corrected chi connectivity index (χ0v) is 13.4. The lowest BCUT2D eigenvalue weighted by Crippen LogP contribution is -2.22. The lowest BCUT2D eigenvalue weighted by Gasteiger charge is -2.20. The Kier molecular flexibility index (Phi) is 5.31. The van der Waals surface area contributed by atoms with Crippen LogP contribution in [0.1, 0.15) is 24.1 Å². The van der Waals surface area contributed by atoms with Crippen LogP contribution in [0.25, 0.3) is 0 Å². The van der Waals surface area contributed by atoms with Crippen molar-refractivity contribution in [3.05, 3.63) is 63.6 Å². The Bertz CT molecular complexity index is 613. The number of methoxy groups -OCH3 is 1. The molecule has 0 fully saturated rings. The Hall–Kier alpha value is -1.46. The van der Waals surface area contributed by atoms with E-state index in [9.17, 15) is 8.78 Å². The van der Waals surface area contributed by atoms with E-state index in [2.05, 4.69) is 21.2 Å². The van der Waals surface area contributed by atoms with Gasteiger partial charge in [-0.25, -0.2) is 8.78 Å². The van der Waals surface area contributed by atoms with Gasteiger partial charge in [0.25, 0.3) is 0 Å². The van der Waals surface area contributed by atoms with Gasteiger partial charge in [0.15, 0.2) is 11.6 Å². The van der Waals surface area contributed by atoms with E-state index in [-0.39, 0.29) is 17.6 Å². The second-order valence-corrected chi connectivity index (χ2v) is 5.50. The first kappa shape index (κ1) is 15.9. The van der Waals surface area contributed by atoms with E-state index < -0.39 is 5.82 Å². The SMILES string of the molecule is CCNC(c1cc(F)cc(Br)c1)c1ccc(OC)c(F)c1. The van der Waals surface area contributed by atoms with Gasteiger partial charge in [0.05, 0.1) is 13.2 Å². The van der Waals surface area contributed by atoms with Crippen molar-refractivity contribution in [2.24, 2.45) is 0 Å². The lowest BCUT2D eigenvalue weighted by molar-refractivity contribution is 0.385. The van der Waals surface area contributed by atoms with Crippen LogP contribution in [0.15, 0.2) is 40.9 Å². The first-order valence-corrected chi connectivity index (χ1v) is 7.37. The molecule has 2 nitrogen and oxygen atoms in total. The largest absolute Gasteiger partial charge is 0.494 e. The Labute approximate surface area is 131 Å². The monoisotopic (exact) mass is 355 g/mol. The summed E-state index contributed by atoms with van der Waals surface area (Å²) in [6.45, 7) is 2.62. The Balaban J connectivity index is 2.45. The molecule has 2 aromatic rings. The molecule has 1 atom stereocenters. The van der Waals surface area contributed by atoms with Crippen LogP contribution < -0.4 is 10.1 Å². The van der Waals surface area contributed by atoms with Crippen molar-refractivity contribution in [1.29, 1.82) is 0 Å². The van der Waals surface area contributed by atoms with Crippen molar-refractivity contribution in [2.45, 2.75) is 13.0 Å². The van der Waals surface area contributed by atoms with E-state index in [1.807, 2.05) is 13.0 Å². The van der Waals surface area contributed by atoms with Crippen LogP contribution in [0.4, 0.5) is 8.78 Å². The zero-order chi connectivity index (χ0) is 15.4. The van der Waals surface area contributed by atoms with E-state index in [4.69, 9.17) is 4.74 Å². The number of rotatable bonds is 5. The van der Waals surface area contributed by atoms with Crippen LogP contribution in [0.5, 0.6) is 5.75 Å². The van der Waals surface area contributed by atoms with Crippen molar-refractivity contribution in [1.82, 2.24) is 5.32 Å². The van der Waals surface area contributed by atoms with Crippen LogP contribution in [-0.2, 0) is 0 Å². The highest BCUT2D eigenvalue weighted by molar-refractivity contribution is 9.10. The number of hydrogen-bond acceptors (Lipinski definition) is 2. The van der Waals surface area contributed by atoms with Crippen LogP contribution >= 0.6 is 15.9 Å². The summed E-state index contributed by atoms with van der Waals surface area (Å²) in [4.78, 5) is 0. The molecule has 2 rings (SSSR count). The predicted molar refractivity (Wildman–Crippen MR) is 82.6 cm³/mol. The van der Waals surface area contributed by atoms with Crippen molar-refractivity contribution >= 4 is 15.9 Å². The normalized spacial score (nSPS) is 12.2. The average molecular weight is 356 g/mol. The fourth-order valence-electron chi connectivity index (χ4n) is 2.24. The smallest absolute Gasteiger partial charge is 0.165 e. The third kappa shape index (κ3) is 3.80. The third-order valence-corrected chi connectivity index (χ3v) is 3.59. The maximum Gasteiger partial charge on any atom is 0.165 e. The highest BCUT2D eigenvalue weighted by atomic mass is 79.9. The van der Waals surface area contributed by atoms with Gasteiger partial charge in [0.2, 0.25) is 0 Å². The van der Waals surface area contributed by atoms with E-state index in [0.29, 0.717) is 16.6 Å². The summed E-state index contributed by atoms with van der Waals surface area (Å²) < 4.78 is 33.0. The number of hydrogen-bond donors (Lipinski definition) is 1. The van der Waals surface area contributed by atoms with Gasteiger partial charge in [-0.1, -0.05) is 28.9 Å². The highest BCUT2D eigenvalue weighted by Crippen LogP contribution is 2.28. The van der Waals surface area contributed by atoms with Crippen LogP contribution in [-0.4, -0.2) is 13.7 Å². The molecule has 0 aromatic heterocycles. The van der Waals surface area contributed by atoms with Crippen LogP contribution in [0.3, 0.4) is 0 Å². The molecule has 112 valence electrons. The summed E-state index contributed by atoms with van der Waals surface area (Å²) in [5, 5.41) is 3.24. The molecule has 0 aliphatic carbocycles. The first-order chi connectivity index (χ1) is 10.0. The van der Waals surface area contributed by atoms with Crippen molar-refractivity contribution in [3.63, 3.8) is 0 Å². The van der Waals surface area contributed by atoms with Crippen molar-refractivity contribution in [2.75, 3.05) is 13.7 Å². The fraction of sp³-hybridized carbons (Fsp3) is 0.250. The third-order valence-electron chi connectivity index (χ3n) is 3.14. The van der Waals surface area contributed by atoms with E-state index in [0.717, 1.165) is 5.56 Å². The predicted octanol–water partition coefficient (Wildman–Crippen LogP) is 4.43. The Morgan fingerprint density at radius 1 is 1.14 bits per heavy atom. The molecule has 1 N–H and O–H groups in total. The second kappa shape index (κ2) is 7.00. The molecule has 0 spiro atoms. The molecule has 0 heterocycles. The van der Waals surface area contributed by atoms with Gasteiger partial charge in [0, 0.05) is 4.47 Å². The summed E-state index contributed by atoms with van der Waals surface area (Å²) in [5.41, 5.74) is 1.45. The average Bonchev–Trinajstić information content (AvgIpc) is 2.43. The van der Waals surface area contributed by atoms with Crippen molar-refractivity contribution < 1.29 is 13.5 Å². The number of halogens is 3. The van der Waals surface area contributed by atoms with Crippen LogP contribution in [0.2, 0.25) is 0 Å². The Morgan fingerprint density at radius 3 is 2.48 bits per heavy atom. The zero-order valence-electron chi connectivity index (χ0n) is 11.8.